The second kappa shape index (κ2) is 6.09. The van der Waals surface area contributed by atoms with Crippen LogP contribution < -0.4 is 5.32 Å². The summed E-state index contributed by atoms with van der Waals surface area (Å²) in [5.74, 6) is 0.892. The Morgan fingerprint density at radius 3 is 2.37 bits per heavy atom. The van der Waals surface area contributed by atoms with Gasteiger partial charge in [-0.25, -0.2) is 0 Å². The van der Waals surface area contributed by atoms with Crippen LogP contribution in [0.2, 0.25) is 0 Å². The maximum absolute atomic E-state index is 3.92. The van der Waals surface area contributed by atoms with Crippen molar-refractivity contribution >= 4 is 0 Å². The summed E-state index contributed by atoms with van der Waals surface area (Å²) in [6, 6.07) is 12.2. The molecule has 0 radical (unpaired) electrons. The van der Waals surface area contributed by atoms with E-state index < -0.39 is 0 Å². The van der Waals surface area contributed by atoms with E-state index in [0.29, 0.717) is 17.5 Å². The van der Waals surface area contributed by atoms with Crippen molar-refractivity contribution in [1.29, 1.82) is 0 Å². The van der Waals surface area contributed by atoms with Crippen molar-refractivity contribution in [3.05, 3.63) is 35.9 Å². The second-order valence-electron chi connectivity index (χ2n) is 7.51. The average molecular weight is 259 g/mol. The van der Waals surface area contributed by atoms with E-state index in [0.717, 1.165) is 5.92 Å². The van der Waals surface area contributed by atoms with Gasteiger partial charge in [0.05, 0.1) is 0 Å². The summed E-state index contributed by atoms with van der Waals surface area (Å²) in [7, 11) is 0. The van der Waals surface area contributed by atoms with Gasteiger partial charge in [-0.2, -0.15) is 0 Å². The van der Waals surface area contributed by atoms with Gasteiger partial charge in [-0.1, -0.05) is 58.0 Å². The topological polar surface area (TPSA) is 12.0 Å². The van der Waals surface area contributed by atoms with Crippen LogP contribution in [0.4, 0.5) is 0 Å². The number of benzene rings is 1. The summed E-state index contributed by atoms with van der Waals surface area (Å²) < 4.78 is 0. The standard InChI is InChI=1S/C18H29N/c1-14-10-11-16(12-14)19-17(13-18(2,3)4)15-8-6-5-7-9-15/h5-9,14,16-17,19H,10-13H2,1-4H3. The van der Waals surface area contributed by atoms with E-state index in [1.807, 2.05) is 0 Å². The molecular weight excluding hydrogens is 230 g/mol. The van der Waals surface area contributed by atoms with Crippen molar-refractivity contribution in [2.75, 3.05) is 0 Å². The Balaban J connectivity index is 2.06. The van der Waals surface area contributed by atoms with Crippen molar-refractivity contribution in [3.8, 4) is 0 Å². The fourth-order valence-electron chi connectivity index (χ4n) is 3.21. The molecule has 3 atom stereocenters. The third-order valence-electron chi connectivity index (χ3n) is 4.15. The zero-order valence-corrected chi connectivity index (χ0v) is 12.9. The quantitative estimate of drug-likeness (QED) is 0.807. The van der Waals surface area contributed by atoms with E-state index in [1.165, 1.54) is 31.2 Å². The molecule has 1 saturated carbocycles. The van der Waals surface area contributed by atoms with Crippen molar-refractivity contribution in [2.24, 2.45) is 11.3 Å². The summed E-state index contributed by atoms with van der Waals surface area (Å²) in [5, 5.41) is 3.92. The molecule has 1 heteroatoms. The zero-order chi connectivity index (χ0) is 13.9. The van der Waals surface area contributed by atoms with Gasteiger partial charge in [-0.3, -0.25) is 0 Å². The average Bonchev–Trinajstić information content (AvgIpc) is 2.73. The summed E-state index contributed by atoms with van der Waals surface area (Å²) in [6.45, 7) is 9.38. The van der Waals surface area contributed by atoms with Crippen LogP contribution in [-0.4, -0.2) is 6.04 Å². The predicted octanol–water partition coefficient (Wildman–Crippen LogP) is 4.94. The van der Waals surface area contributed by atoms with E-state index in [1.54, 1.807) is 0 Å². The van der Waals surface area contributed by atoms with Gasteiger partial charge >= 0.3 is 0 Å². The van der Waals surface area contributed by atoms with E-state index in [9.17, 15) is 0 Å². The van der Waals surface area contributed by atoms with Crippen LogP contribution in [0.1, 0.15) is 65.0 Å². The molecule has 1 aromatic carbocycles. The third-order valence-corrected chi connectivity index (χ3v) is 4.15. The lowest BCUT2D eigenvalue weighted by Gasteiger charge is -2.30. The van der Waals surface area contributed by atoms with Crippen molar-refractivity contribution < 1.29 is 0 Å². The molecule has 0 amide bonds. The van der Waals surface area contributed by atoms with Gasteiger partial charge in [0.2, 0.25) is 0 Å². The van der Waals surface area contributed by atoms with Crippen LogP contribution in [-0.2, 0) is 0 Å². The lowest BCUT2D eigenvalue weighted by Crippen LogP contribution is -2.33. The monoisotopic (exact) mass is 259 g/mol. The van der Waals surface area contributed by atoms with E-state index in [2.05, 4.69) is 63.3 Å². The maximum atomic E-state index is 3.92. The third kappa shape index (κ3) is 4.65. The van der Waals surface area contributed by atoms with E-state index in [4.69, 9.17) is 0 Å². The summed E-state index contributed by atoms with van der Waals surface area (Å²) in [5.41, 5.74) is 1.80. The zero-order valence-electron chi connectivity index (χ0n) is 12.9. The fourth-order valence-corrected chi connectivity index (χ4v) is 3.21. The van der Waals surface area contributed by atoms with Crippen LogP contribution in [0.15, 0.2) is 30.3 Å². The Bertz CT molecular complexity index is 376. The highest BCUT2D eigenvalue weighted by atomic mass is 15.0. The molecule has 1 aromatic rings. The highest BCUT2D eigenvalue weighted by Gasteiger charge is 2.26. The Morgan fingerprint density at radius 1 is 1.16 bits per heavy atom. The molecule has 1 N–H and O–H groups in total. The molecule has 0 aliphatic heterocycles. The fraction of sp³-hybridized carbons (Fsp3) is 0.667. The van der Waals surface area contributed by atoms with Crippen LogP contribution in [0.3, 0.4) is 0 Å². The molecule has 1 fully saturated rings. The molecule has 19 heavy (non-hydrogen) atoms. The van der Waals surface area contributed by atoms with Crippen LogP contribution in [0.5, 0.6) is 0 Å². The van der Waals surface area contributed by atoms with Gasteiger partial charge in [0.25, 0.3) is 0 Å². The van der Waals surface area contributed by atoms with Crippen LogP contribution >= 0.6 is 0 Å². The highest BCUT2D eigenvalue weighted by Crippen LogP contribution is 2.32. The van der Waals surface area contributed by atoms with Crippen LogP contribution in [0.25, 0.3) is 0 Å². The summed E-state index contributed by atoms with van der Waals surface area (Å²) in [4.78, 5) is 0. The Kier molecular flexibility index (Phi) is 4.67. The molecule has 0 bridgehead atoms. The molecule has 1 nitrogen and oxygen atoms in total. The Morgan fingerprint density at radius 2 is 1.84 bits per heavy atom. The molecule has 1 aliphatic rings. The van der Waals surface area contributed by atoms with Gasteiger partial charge in [0, 0.05) is 12.1 Å². The molecule has 0 aromatic heterocycles. The van der Waals surface area contributed by atoms with Crippen molar-refractivity contribution in [3.63, 3.8) is 0 Å². The smallest absolute Gasteiger partial charge is 0.0327 e. The summed E-state index contributed by atoms with van der Waals surface area (Å²) in [6.07, 6.45) is 5.26. The number of rotatable bonds is 4. The summed E-state index contributed by atoms with van der Waals surface area (Å²) >= 11 is 0. The van der Waals surface area contributed by atoms with Gasteiger partial charge in [0.1, 0.15) is 0 Å². The Labute approximate surface area is 118 Å². The molecule has 0 saturated heterocycles. The number of nitrogens with one attached hydrogen (secondary N) is 1. The van der Waals surface area contributed by atoms with Crippen LogP contribution in [0, 0.1) is 11.3 Å². The number of hydrogen-bond acceptors (Lipinski definition) is 1. The maximum Gasteiger partial charge on any atom is 0.0327 e. The predicted molar refractivity (Wildman–Crippen MR) is 83.2 cm³/mol. The van der Waals surface area contributed by atoms with Crippen molar-refractivity contribution in [1.82, 2.24) is 5.32 Å². The van der Waals surface area contributed by atoms with E-state index in [-0.39, 0.29) is 0 Å². The van der Waals surface area contributed by atoms with Crippen molar-refractivity contribution in [2.45, 2.75) is 65.5 Å². The van der Waals surface area contributed by atoms with Gasteiger partial charge in [-0.15, -0.1) is 0 Å². The largest absolute Gasteiger partial charge is 0.307 e. The minimum Gasteiger partial charge on any atom is -0.307 e. The molecule has 106 valence electrons. The second-order valence-corrected chi connectivity index (χ2v) is 7.51. The minimum atomic E-state index is 0.359. The lowest BCUT2D eigenvalue weighted by atomic mass is 9.85. The molecule has 1 aliphatic carbocycles. The molecule has 3 unspecified atom stereocenters. The van der Waals surface area contributed by atoms with Gasteiger partial charge in [0.15, 0.2) is 0 Å². The molecule has 0 heterocycles. The van der Waals surface area contributed by atoms with Gasteiger partial charge < -0.3 is 5.32 Å². The normalized spacial score (nSPS) is 25.5. The first kappa shape index (κ1) is 14.6. The first-order valence-corrected chi connectivity index (χ1v) is 7.75. The molecule has 2 rings (SSSR count). The Hall–Kier alpha value is -0.820. The van der Waals surface area contributed by atoms with E-state index >= 15 is 0 Å². The highest BCUT2D eigenvalue weighted by molar-refractivity contribution is 5.19. The lowest BCUT2D eigenvalue weighted by molar-refractivity contribution is 0.291. The first-order chi connectivity index (χ1) is 8.94. The molecule has 0 spiro atoms. The first-order valence-electron chi connectivity index (χ1n) is 7.75. The molecular formula is C18H29N. The minimum absolute atomic E-state index is 0.359. The SMILES string of the molecule is CC1CCC(NC(CC(C)(C)C)c2ccccc2)C1. The van der Waals surface area contributed by atoms with Gasteiger partial charge in [-0.05, 0) is 42.6 Å². The number of hydrogen-bond donors (Lipinski definition) is 1.